The lowest BCUT2D eigenvalue weighted by molar-refractivity contribution is 1.07. The van der Waals surface area contributed by atoms with Gasteiger partial charge in [0.2, 0.25) is 0 Å². The Balaban J connectivity index is 0.897. The van der Waals surface area contributed by atoms with E-state index in [1.807, 2.05) is 36.4 Å². The number of aromatic nitrogens is 4. The highest BCUT2D eigenvalue weighted by Crippen LogP contribution is 2.37. The van der Waals surface area contributed by atoms with Gasteiger partial charge in [0.25, 0.3) is 0 Å². The van der Waals surface area contributed by atoms with Crippen LogP contribution in [-0.2, 0) is 0 Å². The first kappa shape index (κ1) is 35.1. The second-order valence-electron chi connectivity index (χ2n) is 15.0. The largest absolute Gasteiger partial charge is 0.246 e. The normalized spacial score (nSPS) is 11.3. The molecule has 0 fully saturated rings. The van der Waals surface area contributed by atoms with Crippen LogP contribution in [0.1, 0.15) is 0 Å². The van der Waals surface area contributed by atoms with E-state index < -0.39 is 0 Å². The quantitative estimate of drug-likeness (QED) is 0.152. The van der Waals surface area contributed by atoms with Gasteiger partial charge in [0.1, 0.15) is 0 Å². The highest BCUT2D eigenvalue weighted by atomic mass is 15.0. The molecule has 0 amide bonds. The van der Waals surface area contributed by atoms with E-state index in [1.165, 1.54) is 27.1 Å². The molecule has 0 saturated heterocycles. The molecule has 9 aromatic carbocycles. The van der Waals surface area contributed by atoms with Crippen LogP contribution >= 0.6 is 0 Å². The molecule has 0 spiro atoms. The van der Waals surface area contributed by atoms with Crippen molar-refractivity contribution in [1.82, 2.24) is 19.9 Å². The van der Waals surface area contributed by atoms with Crippen molar-refractivity contribution in [3.8, 4) is 78.8 Å². The number of rotatable bonds is 7. The van der Waals surface area contributed by atoms with Crippen molar-refractivity contribution in [1.29, 1.82) is 0 Å². The molecule has 4 nitrogen and oxygen atoms in total. The van der Waals surface area contributed by atoms with Gasteiger partial charge in [0, 0.05) is 38.4 Å². The van der Waals surface area contributed by atoms with Crippen molar-refractivity contribution < 1.29 is 0 Å². The van der Waals surface area contributed by atoms with Gasteiger partial charge in [-0.25, -0.2) is 19.9 Å². The molecule has 0 aliphatic carbocycles. The molecule has 2 heterocycles. The first-order valence-electron chi connectivity index (χ1n) is 20.2. The third-order valence-corrected chi connectivity index (χ3v) is 11.3. The Morgan fingerprint density at radius 2 is 0.617 bits per heavy atom. The van der Waals surface area contributed by atoms with Gasteiger partial charge in [0.15, 0.2) is 17.5 Å². The van der Waals surface area contributed by atoms with Crippen molar-refractivity contribution >= 4 is 32.4 Å². The van der Waals surface area contributed by atoms with E-state index in [4.69, 9.17) is 19.9 Å². The minimum absolute atomic E-state index is 0.634. The molecule has 0 N–H and O–H groups in total. The molecule has 0 bridgehead atoms. The average molecular weight is 765 g/mol. The monoisotopic (exact) mass is 764 g/mol. The Labute approximate surface area is 348 Å². The standard InChI is InChI=1S/C56H36N4/c1-3-12-37(13-4-1)38-26-30-44(31-27-38)55-58-54(43-15-5-2-6-16-43)59-56(60-55)45-32-28-40(29-33-45)39-22-24-41(25-23-39)46-17-11-18-47(36-46)52-50-21-10-9-20-49(50)51-35-34-42-14-7-8-19-48(42)53(51)57-52/h1-36H. The Kier molecular flexibility index (Phi) is 8.79. The molecule has 0 unspecified atom stereocenters. The molecule has 60 heavy (non-hydrogen) atoms. The van der Waals surface area contributed by atoms with E-state index in [2.05, 4.69) is 182 Å². The van der Waals surface area contributed by atoms with Gasteiger partial charge >= 0.3 is 0 Å². The number of hydrogen-bond acceptors (Lipinski definition) is 4. The summed E-state index contributed by atoms with van der Waals surface area (Å²) in [6, 6.07) is 76.5. The number of pyridine rings is 1. The number of hydrogen-bond donors (Lipinski definition) is 0. The summed E-state index contributed by atoms with van der Waals surface area (Å²) in [5, 5.41) is 5.90. The second kappa shape index (κ2) is 15.0. The highest BCUT2D eigenvalue weighted by molar-refractivity contribution is 6.18. The van der Waals surface area contributed by atoms with Gasteiger partial charge in [0.05, 0.1) is 11.2 Å². The van der Waals surface area contributed by atoms with E-state index >= 15 is 0 Å². The lowest BCUT2D eigenvalue weighted by atomic mass is 9.95. The summed E-state index contributed by atoms with van der Waals surface area (Å²) in [4.78, 5) is 20.2. The van der Waals surface area contributed by atoms with Crippen LogP contribution in [0.5, 0.6) is 0 Å². The summed E-state index contributed by atoms with van der Waals surface area (Å²) in [6.07, 6.45) is 0. The zero-order valence-electron chi connectivity index (χ0n) is 32.6. The van der Waals surface area contributed by atoms with Crippen molar-refractivity contribution in [3.05, 3.63) is 218 Å². The molecule has 0 atom stereocenters. The highest BCUT2D eigenvalue weighted by Gasteiger charge is 2.15. The maximum atomic E-state index is 5.36. The molecule has 11 aromatic rings. The predicted molar refractivity (Wildman–Crippen MR) is 248 cm³/mol. The summed E-state index contributed by atoms with van der Waals surface area (Å²) in [6.45, 7) is 0. The van der Waals surface area contributed by atoms with Crippen molar-refractivity contribution in [2.75, 3.05) is 0 Å². The Bertz CT molecular complexity index is 3330. The number of nitrogens with zero attached hydrogens (tertiary/aromatic N) is 4. The number of fused-ring (bicyclic) bond motifs is 5. The summed E-state index contributed by atoms with van der Waals surface area (Å²) >= 11 is 0. The van der Waals surface area contributed by atoms with Gasteiger partial charge in [-0.1, -0.05) is 212 Å². The maximum absolute atomic E-state index is 5.36. The van der Waals surface area contributed by atoms with Crippen LogP contribution in [0.3, 0.4) is 0 Å². The van der Waals surface area contributed by atoms with Crippen LogP contribution in [0.15, 0.2) is 218 Å². The van der Waals surface area contributed by atoms with Crippen LogP contribution in [0.25, 0.3) is 111 Å². The van der Waals surface area contributed by atoms with Crippen molar-refractivity contribution in [2.45, 2.75) is 0 Å². The lowest BCUT2D eigenvalue weighted by Gasteiger charge is -2.13. The van der Waals surface area contributed by atoms with Gasteiger partial charge in [-0.05, 0) is 50.2 Å². The average Bonchev–Trinajstić information content (AvgIpc) is 3.34. The van der Waals surface area contributed by atoms with Gasteiger partial charge < -0.3 is 0 Å². The van der Waals surface area contributed by atoms with Crippen LogP contribution in [0.4, 0.5) is 0 Å². The summed E-state index contributed by atoms with van der Waals surface area (Å²) in [5.41, 5.74) is 12.8. The molecule has 0 saturated carbocycles. The van der Waals surface area contributed by atoms with Crippen molar-refractivity contribution in [3.63, 3.8) is 0 Å². The zero-order valence-corrected chi connectivity index (χ0v) is 32.6. The fraction of sp³-hybridized carbons (Fsp3) is 0. The molecule has 2 aromatic heterocycles. The summed E-state index contributed by atoms with van der Waals surface area (Å²) < 4.78 is 0. The van der Waals surface area contributed by atoms with E-state index in [1.54, 1.807) is 0 Å². The van der Waals surface area contributed by atoms with Crippen molar-refractivity contribution in [2.24, 2.45) is 0 Å². The fourth-order valence-electron chi connectivity index (χ4n) is 8.22. The molecule has 0 aliphatic rings. The fourth-order valence-corrected chi connectivity index (χ4v) is 8.22. The van der Waals surface area contributed by atoms with Crippen LogP contribution < -0.4 is 0 Å². The van der Waals surface area contributed by atoms with E-state index in [0.29, 0.717) is 17.5 Å². The minimum Gasteiger partial charge on any atom is -0.246 e. The number of benzene rings is 9. The lowest BCUT2D eigenvalue weighted by Crippen LogP contribution is -2.00. The van der Waals surface area contributed by atoms with Crippen LogP contribution in [0, 0.1) is 0 Å². The van der Waals surface area contributed by atoms with E-state index in [0.717, 1.165) is 66.7 Å². The Morgan fingerprint density at radius 3 is 1.20 bits per heavy atom. The van der Waals surface area contributed by atoms with Gasteiger partial charge in [-0.3, -0.25) is 0 Å². The Hall–Kier alpha value is -8.08. The molecule has 280 valence electrons. The first-order valence-corrected chi connectivity index (χ1v) is 20.2. The molecule has 0 radical (unpaired) electrons. The third kappa shape index (κ3) is 6.56. The van der Waals surface area contributed by atoms with Crippen LogP contribution in [0.2, 0.25) is 0 Å². The predicted octanol–water partition coefficient (Wildman–Crippen LogP) is 14.4. The Morgan fingerprint density at radius 1 is 0.217 bits per heavy atom. The summed E-state index contributed by atoms with van der Waals surface area (Å²) in [7, 11) is 0. The molecular weight excluding hydrogens is 729 g/mol. The smallest absolute Gasteiger partial charge is 0.164 e. The third-order valence-electron chi connectivity index (χ3n) is 11.3. The molecular formula is C56H36N4. The maximum Gasteiger partial charge on any atom is 0.164 e. The first-order chi connectivity index (χ1) is 29.7. The SMILES string of the molecule is c1ccc(-c2ccc(-c3nc(-c4ccccc4)nc(-c4ccc(-c5ccc(-c6cccc(-c7nc8c9ccccc9ccc8c8ccccc78)c6)cc5)cc4)n3)cc2)cc1. The van der Waals surface area contributed by atoms with Crippen LogP contribution in [-0.4, -0.2) is 19.9 Å². The molecule has 4 heteroatoms. The van der Waals surface area contributed by atoms with E-state index in [9.17, 15) is 0 Å². The minimum atomic E-state index is 0.634. The molecule has 0 aliphatic heterocycles. The summed E-state index contributed by atoms with van der Waals surface area (Å²) in [5.74, 6) is 1.92. The van der Waals surface area contributed by atoms with Gasteiger partial charge in [-0.15, -0.1) is 0 Å². The molecule has 11 rings (SSSR count). The second-order valence-corrected chi connectivity index (χ2v) is 15.0. The van der Waals surface area contributed by atoms with E-state index in [-0.39, 0.29) is 0 Å². The topological polar surface area (TPSA) is 51.6 Å². The van der Waals surface area contributed by atoms with Gasteiger partial charge in [-0.2, -0.15) is 0 Å². The zero-order chi connectivity index (χ0) is 39.8.